The first-order valence-electron chi connectivity index (χ1n) is 7.95. The average Bonchev–Trinajstić information content (AvgIpc) is 2.85. The van der Waals surface area contributed by atoms with Gasteiger partial charge in [-0.15, -0.1) is 6.58 Å². The third-order valence-corrected chi connectivity index (χ3v) is 3.68. The van der Waals surface area contributed by atoms with Crippen LogP contribution in [-0.4, -0.2) is 60.4 Å². The maximum atomic E-state index is 12.3. The molecule has 1 aliphatic rings. The molecule has 0 aromatic heterocycles. The number of urea groups is 1. The van der Waals surface area contributed by atoms with E-state index < -0.39 is 36.9 Å². The predicted molar refractivity (Wildman–Crippen MR) is 90.5 cm³/mol. The fourth-order valence-corrected chi connectivity index (χ4v) is 2.40. The number of rotatable bonds is 9. The first kappa shape index (κ1) is 20.8. The van der Waals surface area contributed by atoms with E-state index in [1.165, 1.54) is 31.4 Å². The highest BCUT2D eigenvalue weighted by atomic mass is 19.3. The third kappa shape index (κ3) is 4.61. The quantitative estimate of drug-likeness (QED) is 0.377. The van der Waals surface area contributed by atoms with Gasteiger partial charge in [0.25, 0.3) is 0 Å². The van der Waals surface area contributed by atoms with Crippen molar-refractivity contribution in [1.29, 1.82) is 0 Å². The van der Waals surface area contributed by atoms with Crippen LogP contribution in [0, 0.1) is 0 Å². The Hall–Kier alpha value is -3.50. The van der Waals surface area contributed by atoms with Crippen LogP contribution < -0.4 is 14.8 Å². The molecule has 1 fully saturated rings. The van der Waals surface area contributed by atoms with Crippen molar-refractivity contribution in [3.8, 4) is 11.5 Å². The van der Waals surface area contributed by atoms with Crippen molar-refractivity contribution in [3.05, 3.63) is 36.4 Å². The van der Waals surface area contributed by atoms with Crippen molar-refractivity contribution in [1.82, 2.24) is 15.1 Å². The SMILES string of the molecule is C=CCN1C(=O)C(=O)N(CC(=O)NCc2ccc(OC(F)F)c(OC)c2)C1=O. The summed E-state index contributed by atoms with van der Waals surface area (Å²) in [5, 5.41) is 2.46. The predicted octanol–water partition coefficient (Wildman–Crippen LogP) is 0.890. The highest BCUT2D eigenvalue weighted by Gasteiger charge is 2.44. The number of hydrogen-bond donors (Lipinski definition) is 1. The van der Waals surface area contributed by atoms with Gasteiger partial charge < -0.3 is 14.8 Å². The van der Waals surface area contributed by atoms with Crippen molar-refractivity contribution in [2.75, 3.05) is 20.2 Å². The van der Waals surface area contributed by atoms with E-state index in [1.807, 2.05) is 0 Å². The van der Waals surface area contributed by atoms with Gasteiger partial charge in [0.15, 0.2) is 11.5 Å². The fraction of sp³-hybridized carbons (Fsp3) is 0.294. The molecule has 0 unspecified atom stereocenters. The first-order chi connectivity index (χ1) is 13.3. The monoisotopic (exact) mass is 397 g/mol. The number of methoxy groups -OCH3 is 1. The van der Waals surface area contributed by atoms with E-state index in [4.69, 9.17) is 4.74 Å². The molecule has 1 N–H and O–H groups in total. The van der Waals surface area contributed by atoms with Crippen molar-refractivity contribution in [3.63, 3.8) is 0 Å². The molecule has 1 heterocycles. The molecule has 11 heteroatoms. The molecular weight excluding hydrogens is 380 g/mol. The van der Waals surface area contributed by atoms with Crippen LogP contribution in [0.1, 0.15) is 5.56 Å². The van der Waals surface area contributed by atoms with Gasteiger partial charge in [0.05, 0.1) is 7.11 Å². The largest absolute Gasteiger partial charge is 0.493 e. The standard InChI is InChI=1S/C17H17F2N3O6/c1-3-6-21-14(24)15(25)22(17(21)26)9-13(23)20-8-10-4-5-11(28-16(18)19)12(7-10)27-2/h3-5,7,16H,1,6,8-9H2,2H3,(H,20,23). The summed E-state index contributed by atoms with van der Waals surface area (Å²) >= 11 is 0. The lowest BCUT2D eigenvalue weighted by Gasteiger charge is -2.15. The van der Waals surface area contributed by atoms with Crippen LogP contribution in [-0.2, 0) is 20.9 Å². The lowest BCUT2D eigenvalue weighted by Crippen LogP contribution is -2.41. The number of amides is 5. The zero-order valence-corrected chi connectivity index (χ0v) is 14.8. The Morgan fingerprint density at radius 2 is 1.89 bits per heavy atom. The van der Waals surface area contributed by atoms with Gasteiger partial charge in [0.1, 0.15) is 6.54 Å². The van der Waals surface area contributed by atoms with Gasteiger partial charge in [-0.3, -0.25) is 19.3 Å². The summed E-state index contributed by atoms with van der Waals surface area (Å²) in [5.74, 6) is -2.94. The first-order valence-corrected chi connectivity index (χ1v) is 7.95. The minimum absolute atomic E-state index is 0.0370. The number of nitrogens with zero attached hydrogens (tertiary/aromatic N) is 2. The van der Waals surface area contributed by atoms with Crippen molar-refractivity contribution in [2.24, 2.45) is 0 Å². The van der Waals surface area contributed by atoms with Crippen LogP contribution in [0.5, 0.6) is 11.5 Å². The molecule has 5 amide bonds. The summed E-state index contributed by atoms with van der Waals surface area (Å²) in [7, 11) is 1.27. The van der Waals surface area contributed by atoms with Crippen molar-refractivity contribution >= 4 is 23.8 Å². The summed E-state index contributed by atoms with van der Waals surface area (Å²) in [4.78, 5) is 48.8. The number of ether oxygens (including phenoxy) is 2. The summed E-state index contributed by atoms with van der Waals surface area (Å²) < 4.78 is 33.9. The summed E-state index contributed by atoms with van der Waals surface area (Å²) in [6, 6.07) is 3.17. The Labute approximate surface area is 158 Å². The summed E-state index contributed by atoms with van der Waals surface area (Å²) in [5.41, 5.74) is 0.496. The Balaban J connectivity index is 1.97. The molecule has 150 valence electrons. The van der Waals surface area contributed by atoms with Gasteiger partial charge >= 0.3 is 24.5 Å². The molecule has 28 heavy (non-hydrogen) atoms. The molecule has 0 bridgehead atoms. The number of carbonyl (C=O) groups excluding carboxylic acids is 4. The number of hydrogen-bond acceptors (Lipinski definition) is 6. The Morgan fingerprint density at radius 1 is 1.21 bits per heavy atom. The number of benzene rings is 1. The number of imide groups is 2. The Morgan fingerprint density at radius 3 is 2.50 bits per heavy atom. The van der Waals surface area contributed by atoms with Gasteiger partial charge in [-0.25, -0.2) is 9.69 Å². The molecule has 9 nitrogen and oxygen atoms in total. The minimum Gasteiger partial charge on any atom is -0.493 e. The van der Waals surface area contributed by atoms with Crippen molar-refractivity contribution in [2.45, 2.75) is 13.2 Å². The van der Waals surface area contributed by atoms with Crippen LogP contribution in [0.25, 0.3) is 0 Å². The molecule has 1 saturated heterocycles. The molecule has 0 radical (unpaired) electrons. The topological polar surface area (TPSA) is 105 Å². The number of alkyl halides is 2. The second-order valence-electron chi connectivity index (χ2n) is 5.52. The zero-order chi connectivity index (χ0) is 20.8. The number of halogens is 2. The molecule has 0 spiro atoms. The lowest BCUT2D eigenvalue weighted by atomic mass is 10.2. The van der Waals surface area contributed by atoms with Crippen LogP contribution in [0.3, 0.4) is 0 Å². The Bertz CT molecular complexity index is 814. The Kier molecular flexibility index (Phi) is 6.64. The highest BCUT2D eigenvalue weighted by Crippen LogP contribution is 2.29. The summed E-state index contributed by atoms with van der Waals surface area (Å²) in [6.07, 6.45) is 1.28. The van der Waals surface area contributed by atoms with E-state index in [9.17, 15) is 28.0 Å². The number of carbonyl (C=O) groups is 4. The molecular formula is C17H17F2N3O6. The van der Waals surface area contributed by atoms with Crippen molar-refractivity contribution < 1.29 is 37.4 Å². The van der Waals surface area contributed by atoms with Gasteiger partial charge in [-0.2, -0.15) is 8.78 Å². The number of nitrogens with one attached hydrogen (secondary N) is 1. The van der Waals surface area contributed by atoms with Gasteiger partial charge in [0.2, 0.25) is 5.91 Å². The highest BCUT2D eigenvalue weighted by molar-refractivity contribution is 6.45. The lowest BCUT2D eigenvalue weighted by molar-refractivity contribution is -0.143. The van der Waals surface area contributed by atoms with E-state index in [-0.39, 0.29) is 24.6 Å². The third-order valence-electron chi connectivity index (χ3n) is 3.68. The second kappa shape index (κ2) is 8.93. The van der Waals surface area contributed by atoms with E-state index in [1.54, 1.807) is 0 Å². The molecule has 0 aliphatic carbocycles. The summed E-state index contributed by atoms with van der Waals surface area (Å²) in [6.45, 7) is -0.448. The molecule has 2 rings (SSSR count). The smallest absolute Gasteiger partial charge is 0.387 e. The van der Waals surface area contributed by atoms with Crippen LogP contribution >= 0.6 is 0 Å². The molecule has 0 atom stereocenters. The van der Waals surface area contributed by atoms with Gasteiger partial charge in [-0.05, 0) is 17.7 Å². The van der Waals surface area contributed by atoms with Gasteiger partial charge in [0, 0.05) is 13.1 Å². The molecule has 1 aromatic carbocycles. The fourth-order valence-electron chi connectivity index (χ4n) is 2.40. The average molecular weight is 397 g/mol. The van der Waals surface area contributed by atoms with E-state index in [0.29, 0.717) is 15.4 Å². The van der Waals surface area contributed by atoms with E-state index >= 15 is 0 Å². The second-order valence-corrected chi connectivity index (χ2v) is 5.52. The molecule has 1 aromatic rings. The maximum Gasteiger partial charge on any atom is 0.387 e. The van der Waals surface area contributed by atoms with Gasteiger partial charge in [-0.1, -0.05) is 12.1 Å². The van der Waals surface area contributed by atoms with Crippen LogP contribution in [0.15, 0.2) is 30.9 Å². The molecule has 1 aliphatic heterocycles. The minimum atomic E-state index is -3.02. The van der Waals surface area contributed by atoms with E-state index in [0.717, 1.165) is 0 Å². The maximum absolute atomic E-state index is 12.3. The van der Waals surface area contributed by atoms with E-state index in [2.05, 4.69) is 16.6 Å². The van der Waals surface area contributed by atoms with Crippen LogP contribution in [0.2, 0.25) is 0 Å². The zero-order valence-electron chi connectivity index (χ0n) is 14.8. The molecule has 0 saturated carbocycles. The normalized spacial score (nSPS) is 13.9. The van der Waals surface area contributed by atoms with Crippen LogP contribution in [0.4, 0.5) is 13.6 Å².